The van der Waals surface area contributed by atoms with Gasteiger partial charge in [0.1, 0.15) is 5.69 Å². The van der Waals surface area contributed by atoms with E-state index in [0.29, 0.717) is 39.8 Å². The van der Waals surface area contributed by atoms with E-state index in [1.165, 1.54) is 16.9 Å². The molecule has 0 aliphatic rings. The summed E-state index contributed by atoms with van der Waals surface area (Å²) in [7, 11) is 3.30. The summed E-state index contributed by atoms with van der Waals surface area (Å²) in [4.78, 5) is 31.2. The second kappa shape index (κ2) is 8.11. The number of nitrogens with zero attached hydrogens (tertiary/aromatic N) is 4. The normalized spacial score (nSPS) is 10.6. The molecule has 3 aromatic heterocycles. The van der Waals surface area contributed by atoms with Crippen LogP contribution in [-0.2, 0) is 0 Å². The van der Waals surface area contributed by atoms with Crippen molar-refractivity contribution in [3.8, 4) is 17.0 Å². The van der Waals surface area contributed by atoms with Crippen molar-refractivity contribution in [3.63, 3.8) is 0 Å². The van der Waals surface area contributed by atoms with E-state index in [9.17, 15) is 9.59 Å². The Hall–Kier alpha value is -4.47. The molecule has 3 heterocycles. The van der Waals surface area contributed by atoms with Gasteiger partial charge >= 0.3 is 0 Å². The van der Waals surface area contributed by atoms with Gasteiger partial charge in [0.15, 0.2) is 23.5 Å². The molecule has 1 aromatic carbocycles. The molecule has 156 valence electrons. The second-order valence-electron chi connectivity index (χ2n) is 6.54. The van der Waals surface area contributed by atoms with Crippen LogP contribution in [0.2, 0.25) is 0 Å². The number of hydrogen-bond acceptors (Lipinski definition) is 8. The Bertz CT molecular complexity index is 1280. The summed E-state index contributed by atoms with van der Waals surface area (Å²) in [5.41, 5.74) is 9.24. The minimum atomic E-state index is -0.636. The number of anilines is 3. The van der Waals surface area contributed by atoms with Crippen molar-refractivity contribution in [1.29, 1.82) is 0 Å². The van der Waals surface area contributed by atoms with E-state index in [2.05, 4.69) is 25.7 Å². The highest BCUT2D eigenvalue weighted by atomic mass is 16.5. The summed E-state index contributed by atoms with van der Waals surface area (Å²) in [6.45, 7) is 0. The Morgan fingerprint density at radius 2 is 2.00 bits per heavy atom. The number of aromatic nitrogens is 4. The van der Waals surface area contributed by atoms with Gasteiger partial charge < -0.3 is 21.1 Å². The number of benzene rings is 1. The van der Waals surface area contributed by atoms with Gasteiger partial charge in [0.2, 0.25) is 0 Å². The quantitative estimate of drug-likeness (QED) is 0.390. The van der Waals surface area contributed by atoms with Crippen LogP contribution in [0.25, 0.3) is 16.9 Å². The highest BCUT2D eigenvalue weighted by Gasteiger charge is 2.16. The minimum Gasteiger partial charge on any atom is -0.494 e. The first-order valence-corrected chi connectivity index (χ1v) is 9.27. The van der Waals surface area contributed by atoms with E-state index in [-0.39, 0.29) is 5.69 Å². The average Bonchev–Trinajstić information content (AvgIpc) is 3.23. The zero-order valence-corrected chi connectivity index (χ0v) is 16.8. The molecule has 0 saturated heterocycles. The monoisotopic (exact) mass is 417 g/mol. The fourth-order valence-electron chi connectivity index (χ4n) is 3.21. The summed E-state index contributed by atoms with van der Waals surface area (Å²) in [5, 5.41) is 10.7. The van der Waals surface area contributed by atoms with Crippen LogP contribution in [0.3, 0.4) is 0 Å². The Kier molecular flexibility index (Phi) is 5.19. The molecule has 0 saturated carbocycles. The lowest BCUT2D eigenvalue weighted by molar-refractivity contribution is 0.0993. The van der Waals surface area contributed by atoms with Crippen molar-refractivity contribution >= 4 is 35.0 Å². The van der Waals surface area contributed by atoms with Gasteiger partial charge in [0, 0.05) is 30.4 Å². The molecule has 0 aliphatic carbocycles. The van der Waals surface area contributed by atoms with Gasteiger partial charge in [0.05, 0.1) is 30.4 Å². The maximum absolute atomic E-state index is 11.7. The highest BCUT2D eigenvalue weighted by Crippen LogP contribution is 2.37. The fourth-order valence-corrected chi connectivity index (χ4v) is 3.21. The topological polar surface area (TPSA) is 137 Å². The van der Waals surface area contributed by atoms with Crippen molar-refractivity contribution in [2.24, 2.45) is 5.73 Å². The van der Waals surface area contributed by atoms with Gasteiger partial charge in [0.25, 0.3) is 5.91 Å². The van der Waals surface area contributed by atoms with Crippen LogP contribution >= 0.6 is 0 Å². The highest BCUT2D eigenvalue weighted by molar-refractivity contribution is 5.92. The lowest BCUT2D eigenvalue weighted by atomic mass is 10.1. The number of amides is 1. The third kappa shape index (κ3) is 3.62. The van der Waals surface area contributed by atoms with E-state index >= 15 is 0 Å². The van der Waals surface area contributed by atoms with Crippen molar-refractivity contribution in [2.45, 2.75) is 0 Å². The van der Waals surface area contributed by atoms with Gasteiger partial charge in [-0.15, -0.1) is 5.10 Å². The maximum atomic E-state index is 11.7. The number of carbonyl (C=O) groups is 2. The molecule has 0 atom stereocenters. The zero-order chi connectivity index (χ0) is 22.0. The van der Waals surface area contributed by atoms with Crippen molar-refractivity contribution in [2.75, 3.05) is 24.8 Å². The number of pyridine rings is 1. The predicted octanol–water partition coefficient (Wildman–Crippen LogP) is 2.50. The number of primary amides is 1. The van der Waals surface area contributed by atoms with Crippen molar-refractivity contribution in [1.82, 2.24) is 19.6 Å². The van der Waals surface area contributed by atoms with E-state index in [0.717, 1.165) is 11.8 Å². The smallest absolute Gasteiger partial charge is 0.269 e. The molecule has 0 bridgehead atoms. The van der Waals surface area contributed by atoms with Crippen LogP contribution in [0.1, 0.15) is 20.8 Å². The molecule has 10 nitrogen and oxygen atoms in total. The predicted molar refractivity (Wildman–Crippen MR) is 116 cm³/mol. The number of nitrogens with one attached hydrogen (secondary N) is 2. The van der Waals surface area contributed by atoms with Crippen molar-refractivity contribution in [3.05, 3.63) is 60.0 Å². The molecule has 0 fully saturated rings. The lowest BCUT2D eigenvalue weighted by Crippen LogP contribution is -2.15. The Labute approximate surface area is 177 Å². The molecule has 0 unspecified atom stereocenters. The molecule has 1 amide bonds. The molecule has 4 aromatic rings. The van der Waals surface area contributed by atoms with Gasteiger partial charge in [-0.2, -0.15) is 0 Å². The molecular weight excluding hydrogens is 398 g/mol. The number of fused-ring (bicyclic) bond motifs is 1. The van der Waals surface area contributed by atoms with E-state index < -0.39 is 5.91 Å². The Morgan fingerprint density at radius 1 is 1.16 bits per heavy atom. The molecular formula is C21H19N7O3. The summed E-state index contributed by atoms with van der Waals surface area (Å²) in [5.74, 6) is 0.350. The Morgan fingerprint density at radius 3 is 2.65 bits per heavy atom. The SMILES string of the molecule is CNc1cc(Nc2cccc(-c3ccc(C=O)cn3)c2OC)nn2c(C(N)=O)cnc12. The van der Waals surface area contributed by atoms with Crippen LogP contribution in [-0.4, -0.2) is 45.9 Å². The van der Waals surface area contributed by atoms with Gasteiger partial charge in [-0.25, -0.2) is 9.50 Å². The molecule has 4 rings (SSSR count). The van der Waals surface area contributed by atoms with Crippen LogP contribution in [0, 0.1) is 0 Å². The molecule has 10 heteroatoms. The van der Waals surface area contributed by atoms with E-state index in [1.807, 2.05) is 18.2 Å². The number of carbonyl (C=O) groups excluding carboxylic acids is 2. The standard InChI is InChI=1S/C21H19N7O3/c1-23-16-8-18(27-28-17(20(22)30)10-25-21(16)28)26-15-5-3-4-13(19(15)31-2)14-7-6-12(11-29)9-24-14/h3-11,23H,1-2H3,(H2,22,30)(H,26,27). The number of imidazole rings is 1. The van der Waals surface area contributed by atoms with E-state index in [1.54, 1.807) is 32.4 Å². The van der Waals surface area contributed by atoms with Crippen LogP contribution < -0.4 is 21.1 Å². The fraction of sp³-hybridized carbons (Fsp3) is 0.0952. The number of hydrogen-bond donors (Lipinski definition) is 3. The van der Waals surface area contributed by atoms with Crippen molar-refractivity contribution < 1.29 is 14.3 Å². The molecule has 0 aliphatic heterocycles. The maximum Gasteiger partial charge on any atom is 0.269 e. The van der Waals surface area contributed by atoms with Gasteiger partial charge in [-0.3, -0.25) is 14.6 Å². The third-order valence-electron chi connectivity index (χ3n) is 4.67. The largest absolute Gasteiger partial charge is 0.494 e. The van der Waals surface area contributed by atoms with Crippen LogP contribution in [0.15, 0.2) is 48.8 Å². The number of para-hydroxylation sites is 1. The average molecular weight is 417 g/mol. The lowest BCUT2D eigenvalue weighted by Gasteiger charge is -2.15. The summed E-state index contributed by atoms with van der Waals surface area (Å²) >= 11 is 0. The third-order valence-corrected chi connectivity index (χ3v) is 4.67. The molecule has 0 radical (unpaired) electrons. The number of ether oxygens (including phenoxy) is 1. The Balaban J connectivity index is 1.78. The van der Waals surface area contributed by atoms with E-state index in [4.69, 9.17) is 10.5 Å². The van der Waals surface area contributed by atoms with Crippen LogP contribution in [0.4, 0.5) is 17.2 Å². The van der Waals surface area contributed by atoms with Crippen LogP contribution in [0.5, 0.6) is 5.75 Å². The minimum absolute atomic E-state index is 0.162. The second-order valence-corrected chi connectivity index (χ2v) is 6.54. The van der Waals surface area contributed by atoms with Gasteiger partial charge in [-0.1, -0.05) is 6.07 Å². The first-order valence-electron chi connectivity index (χ1n) is 9.27. The zero-order valence-electron chi connectivity index (χ0n) is 16.8. The number of aldehydes is 1. The number of rotatable bonds is 7. The number of methoxy groups -OCH3 is 1. The number of nitrogens with two attached hydrogens (primary N) is 1. The molecule has 0 spiro atoms. The molecule has 31 heavy (non-hydrogen) atoms. The first kappa shape index (κ1) is 19.8. The first-order chi connectivity index (χ1) is 15.0. The summed E-state index contributed by atoms with van der Waals surface area (Å²) < 4.78 is 7.02. The summed E-state index contributed by atoms with van der Waals surface area (Å²) in [6, 6.07) is 10.7. The molecule has 4 N–H and O–H groups in total. The summed E-state index contributed by atoms with van der Waals surface area (Å²) in [6.07, 6.45) is 3.62. The van der Waals surface area contributed by atoms with Gasteiger partial charge in [-0.05, 0) is 24.3 Å².